The number of carboxylic acids is 1. The van der Waals surface area contributed by atoms with Crippen molar-refractivity contribution in [2.45, 2.75) is 38.8 Å². The summed E-state index contributed by atoms with van der Waals surface area (Å²) in [5.74, 6) is -1.68. The van der Waals surface area contributed by atoms with Crippen LogP contribution in [0.2, 0.25) is 5.02 Å². The van der Waals surface area contributed by atoms with Gasteiger partial charge in [0.25, 0.3) is 0 Å². The van der Waals surface area contributed by atoms with Crippen molar-refractivity contribution < 1.29 is 23.4 Å². The molecule has 1 fully saturated rings. The lowest BCUT2D eigenvalue weighted by Gasteiger charge is -2.44. The Balaban J connectivity index is 1.56. The molecule has 1 saturated heterocycles. The van der Waals surface area contributed by atoms with E-state index in [1.165, 1.54) is 36.6 Å². The number of methoxy groups -OCH3 is 1. The van der Waals surface area contributed by atoms with E-state index in [4.69, 9.17) is 16.3 Å². The number of halogens is 3. The molecule has 0 spiro atoms. The molecule has 1 aliphatic heterocycles. The molecule has 0 amide bonds. The highest BCUT2D eigenvalue weighted by Crippen LogP contribution is 2.40. The van der Waals surface area contributed by atoms with E-state index in [2.05, 4.69) is 15.3 Å². The van der Waals surface area contributed by atoms with Crippen molar-refractivity contribution in [1.82, 2.24) is 14.9 Å². The normalized spacial score (nSPS) is 20.4. The number of nitrogens with zero attached hydrogens (tertiary/aromatic N) is 3. The minimum atomic E-state index is -1.25. The van der Waals surface area contributed by atoms with Gasteiger partial charge in [0, 0.05) is 42.8 Å². The quantitative estimate of drug-likeness (QED) is 0.376. The third-order valence-electron chi connectivity index (χ3n) is 6.52. The second-order valence-electron chi connectivity index (χ2n) is 9.04. The molecule has 3 aromatic rings. The number of hydrogen-bond donors (Lipinski definition) is 2. The fraction of sp³-hybridized carbons (Fsp3) is 0.400. The molecule has 0 radical (unpaired) electrons. The second-order valence-corrected chi connectivity index (χ2v) is 10.7. The van der Waals surface area contributed by atoms with Crippen LogP contribution in [0.5, 0.6) is 0 Å². The molecule has 7 nitrogen and oxygen atoms in total. The summed E-state index contributed by atoms with van der Waals surface area (Å²) in [5, 5.41) is 14.0. The lowest BCUT2D eigenvalue weighted by atomic mass is 9.72. The van der Waals surface area contributed by atoms with E-state index in [0.29, 0.717) is 23.1 Å². The summed E-state index contributed by atoms with van der Waals surface area (Å²) in [5.41, 5.74) is -0.756. The van der Waals surface area contributed by atoms with E-state index >= 15 is 0 Å². The van der Waals surface area contributed by atoms with Gasteiger partial charge in [-0.25, -0.2) is 18.7 Å². The molecule has 2 atom stereocenters. The Morgan fingerprint density at radius 3 is 2.86 bits per heavy atom. The van der Waals surface area contributed by atoms with Gasteiger partial charge >= 0.3 is 5.97 Å². The Morgan fingerprint density at radius 2 is 2.17 bits per heavy atom. The van der Waals surface area contributed by atoms with Gasteiger partial charge in [0.1, 0.15) is 17.5 Å². The number of rotatable bonds is 9. The number of nitrogens with one attached hydrogen (secondary N) is 1. The summed E-state index contributed by atoms with van der Waals surface area (Å²) < 4.78 is 34.7. The zero-order valence-corrected chi connectivity index (χ0v) is 21.5. The highest BCUT2D eigenvalue weighted by Gasteiger charge is 2.46. The minimum absolute atomic E-state index is 0.0376. The lowest BCUT2D eigenvalue weighted by molar-refractivity contribution is -0.154. The van der Waals surface area contributed by atoms with Crippen LogP contribution in [0.3, 0.4) is 0 Å². The standard InChI is InChI=1S/C25H27ClF2N4O3S/c1-15-12-29-24(36-15)31-21-7-6-19(27)20(30-21)11-25(23(33)34)8-9-32(17(10-25)14-35-2)13-16-4-3-5-18(26)22(16)28/h3-7,12,17H,8-11,13-14H2,1-2H3,(H,33,34)(H,29,30,31). The number of benzene rings is 1. The van der Waals surface area contributed by atoms with Crippen LogP contribution in [0.4, 0.5) is 19.7 Å². The van der Waals surface area contributed by atoms with Crippen molar-refractivity contribution in [3.05, 3.63) is 69.3 Å². The number of aromatic nitrogens is 2. The number of carboxylic acid groups (broad SMARTS) is 1. The molecule has 0 bridgehead atoms. The van der Waals surface area contributed by atoms with Crippen LogP contribution in [0.25, 0.3) is 0 Å². The van der Waals surface area contributed by atoms with Gasteiger partial charge in [-0.2, -0.15) is 0 Å². The number of pyridine rings is 1. The molecule has 3 heterocycles. The first-order valence-corrected chi connectivity index (χ1v) is 12.6. The smallest absolute Gasteiger partial charge is 0.310 e. The monoisotopic (exact) mass is 536 g/mol. The predicted molar refractivity (Wildman–Crippen MR) is 135 cm³/mol. The fourth-order valence-corrected chi connectivity index (χ4v) is 5.49. The van der Waals surface area contributed by atoms with Gasteiger partial charge in [-0.15, -0.1) is 11.3 Å². The van der Waals surface area contributed by atoms with E-state index in [-0.39, 0.29) is 49.2 Å². The second kappa shape index (κ2) is 11.2. The van der Waals surface area contributed by atoms with Gasteiger partial charge in [-0.3, -0.25) is 9.69 Å². The average Bonchev–Trinajstić information content (AvgIpc) is 3.25. The van der Waals surface area contributed by atoms with Gasteiger partial charge in [0.05, 0.1) is 22.7 Å². The molecule has 0 aliphatic carbocycles. The van der Waals surface area contributed by atoms with Gasteiger partial charge in [0.15, 0.2) is 5.13 Å². The predicted octanol–water partition coefficient (Wildman–Crippen LogP) is 5.45. The van der Waals surface area contributed by atoms with Crippen molar-refractivity contribution in [2.24, 2.45) is 5.41 Å². The molecular weight excluding hydrogens is 510 g/mol. The molecule has 192 valence electrons. The zero-order chi connectivity index (χ0) is 25.9. The van der Waals surface area contributed by atoms with Gasteiger partial charge < -0.3 is 15.2 Å². The molecule has 11 heteroatoms. The van der Waals surface area contributed by atoms with E-state index in [1.54, 1.807) is 18.3 Å². The molecule has 1 aliphatic rings. The Morgan fingerprint density at radius 1 is 1.36 bits per heavy atom. The number of aliphatic carboxylic acids is 1. The van der Waals surface area contributed by atoms with Crippen molar-refractivity contribution in [3.63, 3.8) is 0 Å². The third-order valence-corrected chi connectivity index (χ3v) is 7.64. The SMILES string of the molecule is COCC1CC(Cc2nc(Nc3ncc(C)s3)ccc2F)(C(=O)O)CCN1Cc1cccc(Cl)c1F. The molecule has 36 heavy (non-hydrogen) atoms. The highest BCUT2D eigenvalue weighted by atomic mass is 35.5. The topological polar surface area (TPSA) is 87.6 Å². The van der Waals surface area contributed by atoms with Crippen molar-refractivity contribution >= 4 is 39.9 Å². The first-order valence-electron chi connectivity index (χ1n) is 11.4. The van der Waals surface area contributed by atoms with Crippen LogP contribution >= 0.6 is 22.9 Å². The maximum Gasteiger partial charge on any atom is 0.310 e. The minimum Gasteiger partial charge on any atom is -0.481 e. The summed E-state index contributed by atoms with van der Waals surface area (Å²) in [6, 6.07) is 7.29. The summed E-state index contributed by atoms with van der Waals surface area (Å²) in [7, 11) is 1.53. The first kappa shape index (κ1) is 26.4. The fourth-order valence-electron chi connectivity index (χ4n) is 4.63. The number of ether oxygens (including phenoxy) is 1. The number of hydrogen-bond acceptors (Lipinski definition) is 7. The van der Waals surface area contributed by atoms with Crippen LogP contribution in [-0.2, 0) is 22.5 Å². The van der Waals surface area contributed by atoms with Crippen LogP contribution < -0.4 is 5.32 Å². The number of carbonyl (C=O) groups is 1. The molecule has 2 N–H and O–H groups in total. The number of aryl methyl sites for hydroxylation is 1. The van der Waals surface area contributed by atoms with Gasteiger partial charge in [0.2, 0.25) is 0 Å². The maximum absolute atomic E-state index is 14.8. The summed E-state index contributed by atoms with van der Waals surface area (Å²) in [6.07, 6.45) is 2.08. The number of likely N-dealkylation sites (tertiary alicyclic amines) is 1. The van der Waals surface area contributed by atoms with Gasteiger partial charge in [-0.05, 0) is 44.5 Å². The Labute approximate surface area is 217 Å². The highest BCUT2D eigenvalue weighted by molar-refractivity contribution is 7.15. The van der Waals surface area contributed by atoms with Gasteiger partial charge in [-0.1, -0.05) is 23.7 Å². The molecule has 4 rings (SSSR count). The Bertz CT molecular complexity index is 1240. The summed E-state index contributed by atoms with van der Waals surface area (Å²) in [4.78, 5) is 24.2. The lowest BCUT2D eigenvalue weighted by Crippen LogP contribution is -2.52. The van der Waals surface area contributed by atoms with E-state index in [9.17, 15) is 18.7 Å². The Kier molecular flexibility index (Phi) is 8.19. The van der Waals surface area contributed by atoms with E-state index < -0.39 is 23.0 Å². The third kappa shape index (κ3) is 5.83. The number of thiazole rings is 1. The maximum atomic E-state index is 14.8. The average molecular weight is 537 g/mol. The molecule has 2 unspecified atom stereocenters. The van der Waals surface area contributed by atoms with Crippen LogP contribution in [0.15, 0.2) is 36.5 Å². The zero-order valence-electron chi connectivity index (χ0n) is 19.9. The van der Waals surface area contributed by atoms with Crippen LogP contribution in [-0.4, -0.2) is 52.2 Å². The molecule has 0 saturated carbocycles. The van der Waals surface area contributed by atoms with Crippen LogP contribution in [0, 0.1) is 24.0 Å². The largest absolute Gasteiger partial charge is 0.481 e. The molecular formula is C25H27ClF2N4O3S. The molecule has 2 aromatic heterocycles. The number of piperidine rings is 1. The Hall–Kier alpha value is -2.66. The summed E-state index contributed by atoms with van der Waals surface area (Å²) in [6.45, 7) is 2.80. The van der Waals surface area contributed by atoms with Crippen LogP contribution in [0.1, 0.15) is 29.0 Å². The van der Waals surface area contributed by atoms with Crippen molar-refractivity contribution in [3.8, 4) is 0 Å². The van der Waals surface area contributed by atoms with E-state index in [0.717, 1.165) is 4.88 Å². The molecule has 1 aromatic carbocycles. The summed E-state index contributed by atoms with van der Waals surface area (Å²) >= 11 is 7.38. The number of anilines is 2. The van der Waals surface area contributed by atoms with Crippen molar-refractivity contribution in [2.75, 3.05) is 25.6 Å². The van der Waals surface area contributed by atoms with E-state index in [1.807, 2.05) is 11.8 Å². The first-order chi connectivity index (χ1) is 17.2. The van der Waals surface area contributed by atoms with Crippen molar-refractivity contribution in [1.29, 1.82) is 0 Å².